The molecule has 3 nitrogen and oxygen atoms in total. The second-order valence-corrected chi connectivity index (χ2v) is 4.48. The van der Waals surface area contributed by atoms with Gasteiger partial charge in [0.2, 0.25) is 0 Å². The molecule has 1 N–H and O–H groups in total. The number of nitrogens with zero attached hydrogens (tertiary/aromatic N) is 1. The van der Waals surface area contributed by atoms with E-state index in [1.165, 1.54) is 0 Å². The average Bonchev–Trinajstić information content (AvgIpc) is 2.60. The van der Waals surface area contributed by atoms with Crippen molar-refractivity contribution in [3.8, 4) is 11.1 Å². The lowest BCUT2D eigenvalue weighted by Crippen LogP contribution is -1.96. The zero-order valence-electron chi connectivity index (χ0n) is 8.64. The Labute approximate surface area is 101 Å². The molecule has 1 aromatic carbocycles. The van der Waals surface area contributed by atoms with E-state index in [9.17, 15) is 4.79 Å². The van der Waals surface area contributed by atoms with Crippen molar-refractivity contribution in [3.05, 3.63) is 46.7 Å². The lowest BCUT2D eigenvalue weighted by molar-refractivity contribution is 0.0697. The summed E-state index contributed by atoms with van der Waals surface area (Å²) in [6.07, 6.45) is 3.42. The number of hydrogen-bond donors (Lipinski definition) is 1. The minimum Gasteiger partial charge on any atom is -0.478 e. The number of hydrogen-bond acceptors (Lipinski definition) is 1. The largest absolute Gasteiger partial charge is 0.478 e. The van der Waals surface area contributed by atoms with Crippen molar-refractivity contribution in [1.82, 2.24) is 4.57 Å². The number of carboxylic acid groups (broad SMARTS) is 1. The molecule has 0 saturated heterocycles. The highest BCUT2D eigenvalue weighted by atomic mass is 79.9. The Hall–Kier alpha value is -1.55. The predicted molar refractivity (Wildman–Crippen MR) is 65.5 cm³/mol. The monoisotopic (exact) mass is 279 g/mol. The van der Waals surface area contributed by atoms with Crippen LogP contribution in [0.2, 0.25) is 0 Å². The van der Waals surface area contributed by atoms with Crippen LogP contribution in [0.25, 0.3) is 11.1 Å². The maximum absolute atomic E-state index is 11.1. The van der Waals surface area contributed by atoms with E-state index in [0.29, 0.717) is 5.56 Å². The third-order valence-electron chi connectivity index (χ3n) is 2.32. The molecule has 0 aliphatic heterocycles. The Morgan fingerprint density at radius 3 is 2.75 bits per heavy atom. The van der Waals surface area contributed by atoms with Gasteiger partial charge < -0.3 is 9.67 Å². The molecule has 0 spiro atoms. The fourth-order valence-corrected chi connectivity index (χ4v) is 2.04. The van der Waals surface area contributed by atoms with Gasteiger partial charge >= 0.3 is 5.97 Å². The number of halogens is 1. The highest BCUT2D eigenvalue weighted by molar-refractivity contribution is 9.10. The maximum Gasteiger partial charge on any atom is 0.337 e. The van der Waals surface area contributed by atoms with Gasteiger partial charge in [-0.25, -0.2) is 4.79 Å². The van der Waals surface area contributed by atoms with Gasteiger partial charge in [0.25, 0.3) is 0 Å². The van der Waals surface area contributed by atoms with E-state index in [-0.39, 0.29) is 0 Å². The molecule has 0 radical (unpaired) electrons. The molecule has 0 unspecified atom stereocenters. The molecular formula is C12H10BrNO2. The summed E-state index contributed by atoms with van der Waals surface area (Å²) in [6.45, 7) is 0. The Bertz CT molecular complexity index is 546. The summed E-state index contributed by atoms with van der Waals surface area (Å²) in [4.78, 5) is 11.1. The van der Waals surface area contributed by atoms with Crippen LogP contribution in [-0.2, 0) is 7.05 Å². The summed E-state index contributed by atoms with van der Waals surface area (Å²) in [7, 11) is 1.81. The average molecular weight is 280 g/mol. The van der Waals surface area contributed by atoms with Crippen LogP contribution < -0.4 is 0 Å². The SMILES string of the molecule is Cn1cc(C(=O)O)c(-c2cccc(Br)c2)c1. The van der Waals surface area contributed by atoms with E-state index in [0.717, 1.165) is 15.6 Å². The molecule has 82 valence electrons. The van der Waals surface area contributed by atoms with Crippen molar-refractivity contribution in [2.24, 2.45) is 7.05 Å². The molecule has 2 rings (SSSR count). The molecule has 0 aliphatic rings. The van der Waals surface area contributed by atoms with E-state index in [4.69, 9.17) is 5.11 Å². The molecule has 0 aliphatic carbocycles. The van der Waals surface area contributed by atoms with Gasteiger partial charge in [-0.3, -0.25) is 0 Å². The highest BCUT2D eigenvalue weighted by Crippen LogP contribution is 2.26. The van der Waals surface area contributed by atoms with Crippen molar-refractivity contribution >= 4 is 21.9 Å². The van der Waals surface area contributed by atoms with Crippen LogP contribution in [-0.4, -0.2) is 15.6 Å². The third kappa shape index (κ3) is 2.02. The number of rotatable bonds is 2. The van der Waals surface area contributed by atoms with E-state index >= 15 is 0 Å². The number of aromatic nitrogens is 1. The molecule has 1 heterocycles. The molecule has 2 aromatic rings. The molecule has 1 aromatic heterocycles. The quantitative estimate of drug-likeness (QED) is 0.918. The fourth-order valence-electron chi connectivity index (χ4n) is 1.64. The van der Waals surface area contributed by atoms with Gasteiger partial charge in [-0.05, 0) is 17.7 Å². The van der Waals surface area contributed by atoms with Crippen LogP contribution in [0.15, 0.2) is 41.1 Å². The van der Waals surface area contributed by atoms with Gasteiger partial charge in [-0.2, -0.15) is 0 Å². The second kappa shape index (κ2) is 4.14. The number of carbonyl (C=O) groups is 1. The van der Waals surface area contributed by atoms with Crippen LogP contribution in [0.5, 0.6) is 0 Å². The molecule has 0 amide bonds. The molecule has 0 saturated carbocycles. The van der Waals surface area contributed by atoms with Crippen molar-refractivity contribution in [1.29, 1.82) is 0 Å². The number of benzene rings is 1. The first kappa shape index (κ1) is 11.0. The third-order valence-corrected chi connectivity index (χ3v) is 2.81. The summed E-state index contributed by atoms with van der Waals surface area (Å²) in [5.41, 5.74) is 1.95. The van der Waals surface area contributed by atoms with E-state index in [2.05, 4.69) is 15.9 Å². The molecule has 4 heteroatoms. The Morgan fingerprint density at radius 1 is 1.38 bits per heavy atom. The van der Waals surface area contributed by atoms with Crippen LogP contribution in [0.1, 0.15) is 10.4 Å². The lowest BCUT2D eigenvalue weighted by atomic mass is 10.1. The fraction of sp³-hybridized carbons (Fsp3) is 0.0833. The number of carboxylic acids is 1. The van der Waals surface area contributed by atoms with Gasteiger partial charge in [0.1, 0.15) is 0 Å². The Morgan fingerprint density at radius 2 is 2.12 bits per heavy atom. The minimum atomic E-state index is -0.907. The summed E-state index contributed by atoms with van der Waals surface area (Å²) in [6, 6.07) is 7.60. The summed E-state index contributed by atoms with van der Waals surface area (Å²) in [5.74, 6) is -0.907. The Balaban J connectivity index is 2.59. The van der Waals surface area contributed by atoms with Gasteiger partial charge in [0.05, 0.1) is 5.56 Å². The summed E-state index contributed by atoms with van der Waals surface area (Å²) in [5, 5.41) is 9.08. The first-order chi connectivity index (χ1) is 7.58. The smallest absolute Gasteiger partial charge is 0.337 e. The minimum absolute atomic E-state index is 0.320. The zero-order chi connectivity index (χ0) is 11.7. The molecule has 0 fully saturated rings. The van der Waals surface area contributed by atoms with Crippen molar-refractivity contribution < 1.29 is 9.90 Å². The van der Waals surface area contributed by atoms with Crippen LogP contribution in [0, 0.1) is 0 Å². The van der Waals surface area contributed by atoms with Crippen LogP contribution in [0.4, 0.5) is 0 Å². The van der Waals surface area contributed by atoms with Crippen molar-refractivity contribution in [2.45, 2.75) is 0 Å². The van der Waals surface area contributed by atoms with E-state index in [1.54, 1.807) is 10.8 Å². The topological polar surface area (TPSA) is 42.2 Å². The first-order valence-corrected chi connectivity index (χ1v) is 5.52. The van der Waals surface area contributed by atoms with Crippen LogP contribution in [0.3, 0.4) is 0 Å². The van der Waals surface area contributed by atoms with Gasteiger partial charge in [-0.1, -0.05) is 28.1 Å². The maximum atomic E-state index is 11.1. The van der Waals surface area contributed by atoms with E-state index in [1.807, 2.05) is 37.5 Å². The predicted octanol–water partition coefficient (Wildman–Crippen LogP) is 3.15. The molecule has 16 heavy (non-hydrogen) atoms. The van der Waals surface area contributed by atoms with Gasteiger partial charge in [-0.15, -0.1) is 0 Å². The number of aromatic carboxylic acids is 1. The number of aryl methyl sites for hydroxylation is 1. The lowest BCUT2D eigenvalue weighted by Gasteiger charge is -2.00. The Kier molecular flexibility index (Phi) is 2.83. The van der Waals surface area contributed by atoms with Crippen molar-refractivity contribution in [3.63, 3.8) is 0 Å². The molecule has 0 atom stereocenters. The highest BCUT2D eigenvalue weighted by Gasteiger charge is 2.13. The second-order valence-electron chi connectivity index (χ2n) is 3.57. The zero-order valence-corrected chi connectivity index (χ0v) is 10.2. The van der Waals surface area contributed by atoms with Crippen molar-refractivity contribution in [2.75, 3.05) is 0 Å². The summed E-state index contributed by atoms with van der Waals surface area (Å²) < 4.78 is 2.69. The van der Waals surface area contributed by atoms with Gasteiger partial charge in [0.15, 0.2) is 0 Å². The van der Waals surface area contributed by atoms with E-state index < -0.39 is 5.97 Å². The first-order valence-electron chi connectivity index (χ1n) is 4.73. The van der Waals surface area contributed by atoms with Crippen LogP contribution >= 0.6 is 15.9 Å². The molecule has 0 bridgehead atoms. The molecular weight excluding hydrogens is 270 g/mol. The normalized spacial score (nSPS) is 10.4. The van der Waals surface area contributed by atoms with Gasteiger partial charge in [0, 0.05) is 29.5 Å². The standard InChI is InChI=1S/C12H10BrNO2/c1-14-6-10(11(7-14)12(15)16)8-3-2-4-9(13)5-8/h2-7H,1H3,(H,15,16). The summed E-state index contributed by atoms with van der Waals surface area (Å²) >= 11 is 3.37.